The van der Waals surface area contributed by atoms with Crippen molar-refractivity contribution in [1.82, 2.24) is 4.90 Å². The largest absolute Gasteiger partial charge is 0.351 e. The maximum atomic E-state index is 11.5. The quantitative estimate of drug-likeness (QED) is 0.889. The number of urea groups is 1. The molecule has 0 aromatic heterocycles. The molecule has 0 bridgehead atoms. The molecule has 0 saturated carbocycles. The van der Waals surface area contributed by atoms with E-state index in [1.807, 2.05) is 54.6 Å². The van der Waals surface area contributed by atoms with Gasteiger partial charge in [0.2, 0.25) is 0 Å². The Hall–Kier alpha value is -2.88. The Morgan fingerprint density at radius 1 is 1.00 bits per heavy atom. The average Bonchev–Trinajstić information content (AvgIpc) is 2.67. The molecule has 4 heteroatoms. The van der Waals surface area contributed by atoms with Gasteiger partial charge < -0.3 is 5.73 Å². The van der Waals surface area contributed by atoms with E-state index in [2.05, 4.69) is 4.99 Å². The first-order valence-corrected chi connectivity index (χ1v) is 6.70. The lowest BCUT2D eigenvalue weighted by molar-refractivity contribution is 0.238. The third-order valence-corrected chi connectivity index (χ3v) is 3.25. The molecule has 0 saturated heterocycles. The van der Waals surface area contributed by atoms with E-state index < -0.39 is 6.03 Å². The lowest BCUT2D eigenvalue weighted by Crippen LogP contribution is -2.31. The molecule has 21 heavy (non-hydrogen) atoms. The number of para-hydroxylation sites is 1. The van der Waals surface area contributed by atoms with Gasteiger partial charge in [0.15, 0.2) is 0 Å². The molecule has 0 radical (unpaired) electrons. The minimum Gasteiger partial charge on any atom is -0.351 e. The summed E-state index contributed by atoms with van der Waals surface area (Å²) in [4.78, 5) is 17.6. The summed E-state index contributed by atoms with van der Waals surface area (Å²) in [5.41, 5.74) is 7.35. The highest BCUT2D eigenvalue weighted by atomic mass is 16.2. The van der Waals surface area contributed by atoms with Crippen LogP contribution in [-0.2, 0) is 6.42 Å². The van der Waals surface area contributed by atoms with Crippen molar-refractivity contribution in [3.8, 4) is 0 Å². The topological polar surface area (TPSA) is 58.7 Å². The van der Waals surface area contributed by atoms with E-state index >= 15 is 0 Å². The molecular weight excluding hydrogens is 262 g/mol. The molecule has 1 heterocycles. The first-order chi connectivity index (χ1) is 10.2. The molecule has 2 aromatic rings. The van der Waals surface area contributed by atoms with Crippen LogP contribution in [-0.4, -0.2) is 10.9 Å². The van der Waals surface area contributed by atoms with Gasteiger partial charge in [0.05, 0.1) is 11.1 Å². The van der Waals surface area contributed by atoms with E-state index in [0.29, 0.717) is 6.42 Å². The Balaban J connectivity index is 2.06. The van der Waals surface area contributed by atoms with E-state index in [1.165, 1.54) is 4.90 Å². The molecule has 104 valence electrons. The van der Waals surface area contributed by atoms with Crippen LogP contribution in [0.15, 0.2) is 71.5 Å². The number of hydrogen-bond donors (Lipinski definition) is 1. The van der Waals surface area contributed by atoms with E-state index in [4.69, 9.17) is 5.73 Å². The zero-order valence-corrected chi connectivity index (χ0v) is 11.4. The van der Waals surface area contributed by atoms with Gasteiger partial charge in [-0.25, -0.2) is 4.79 Å². The first kappa shape index (κ1) is 13.1. The van der Waals surface area contributed by atoms with Crippen molar-refractivity contribution >= 4 is 12.2 Å². The predicted molar refractivity (Wildman–Crippen MR) is 81.3 cm³/mol. The zero-order valence-electron chi connectivity index (χ0n) is 11.4. The van der Waals surface area contributed by atoms with Crippen LogP contribution < -0.4 is 16.3 Å². The molecule has 2 aromatic carbocycles. The van der Waals surface area contributed by atoms with Crippen LogP contribution in [0.25, 0.3) is 6.20 Å². The normalized spacial score (nSPS) is 13.3. The second-order valence-corrected chi connectivity index (χ2v) is 4.83. The summed E-state index contributed by atoms with van der Waals surface area (Å²) in [6, 6.07) is 17.2. The molecule has 2 amide bonds. The van der Waals surface area contributed by atoms with Gasteiger partial charge >= 0.3 is 6.03 Å². The summed E-state index contributed by atoms with van der Waals surface area (Å²) < 4.78 is 0. The third kappa shape index (κ3) is 3.00. The number of allylic oxidation sites excluding steroid dienone is 1. The van der Waals surface area contributed by atoms with Crippen molar-refractivity contribution < 1.29 is 4.79 Å². The van der Waals surface area contributed by atoms with Crippen LogP contribution in [0.2, 0.25) is 0 Å². The van der Waals surface area contributed by atoms with Crippen LogP contribution in [0, 0.1) is 0 Å². The maximum absolute atomic E-state index is 11.5. The van der Waals surface area contributed by atoms with Gasteiger partial charge in [0.1, 0.15) is 0 Å². The maximum Gasteiger partial charge on any atom is 0.322 e. The number of benzene rings is 2. The van der Waals surface area contributed by atoms with Crippen molar-refractivity contribution in [1.29, 1.82) is 0 Å². The second-order valence-electron chi connectivity index (χ2n) is 4.83. The molecule has 0 fully saturated rings. The van der Waals surface area contributed by atoms with Gasteiger partial charge in [-0.05, 0) is 11.6 Å². The standard InChI is InChI=1S/C17H15N3O/c18-17(21)20-11-14-8-4-5-9-16(14)19-15(12-20)10-13-6-2-1-3-7-13/h1-9,11-12H,10H2,(H2,18,21). The molecule has 3 rings (SSSR count). The Morgan fingerprint density at radius 2 is 1.71 bits per heavy atom. The number of primary amides is 1. The monoisotopic (exact) mass is 277 g/mol. The Bertz CT molecular complexity index is 809. The van der Waals surface area contributed by atoms with Gasteiger partial charge in [0.25, 0.3) is 0 Å². The van der Waals surface area contributed by atoms with E-state index in [9.17, 15) is 4.79 Å². The molecule has 4 nitrogen and oxygen atoms in total. The highest BCUT2D eigenvalue weighted by molar-refractivity contribution is 5.78. The third-order valence-electron chi connectivity index (χ3n) is 3.25. The number of carbonyl (C=O) groups excluding carboxylic acids is 1. The average molecular weight is 277 g/mol. The minimum absolute atomic E-state index is 0.521. The smallest absolute Gasteiger partial charge is 0.322 e. The van der Waals surface area contributed by atoms with Gasteiger partial charge in [-0.3, -0.25) is 9.89 Å². The SMILES string of the molecule is NC(=O)N1C=C(Cc2ccccc2)N=c2ccccc2=C1. The summed E-state index contributed by atoms with van der Waals surface area (Å²) in [5.74, 6) is 0. The minimum atomic E-state index is -0.521. The zero-order chi connectivity index (χ0) is 14.7. The Labute approximate surface area is 122 Å². The molecule has 0 aliphatic carbocycles. The van der Waals surface area contributed by atoms with Crippen LogP contribution in [0.5, 0.6) is 0 Å². The van der Waals surface area contributed by atoms with Gasteiger partial charge in [0, 0.05) is 24.0 Å². The van der Waals surface area contributed by atoms with E-state index in [-0.39, 0.29) is 0 Å². The summed E-state index contributed by atoms with van der Waals surface area (Å²) >= 11 is 0. The van der Waals surface area contributed by atoms with E-state index in [0.717, 1.165) is 21.8 Å². The predicted octanol–water partition coefficient (Wildman–Crippen LogP) is 1.52. The number of nitrogens with zero attached hydrogens (tertiary/aromatic N) is 2. The Kier molecular flexibility index (Phi) is 3.51. The highest BCUT2D eigenvalue weighted by Crippen LogP contribution is 2.11. The molecule has 2 N–H and O–H groups in total. The number of hydrogen-bond acceptors (Lipinski definition) is 2. The van der Waals surface area contributed by atoms with Crippen LogP contribution in [0.3, 0.4) is 0 Å². The van der Waals surface area contributed by atoms with Gasteiger partial charge in [-0.15, -0.1) is 0 Å². The number of amides is 2. The number of fused-ring (bicyclic) bond motifs is 1. The molecular formula is C17H15N3O. The molecule has 0 unspecified atom stereocenters. The summed E-state index contributed by atoms with van der Waals surface area (Å²) in [5, 5.41) is 1.71. The van der Waals surface area contributed by atoms with Crippen molar-refractivity contribution in [3.63, 3.8) is 0 Å². The molecule has 0 spiro atoms. The number of nitrogens with two attached hydrogens (primary N) is 1. The lowest BCUT2D eigenvalue weighted by Gasteiger charge is -2.10. The molecule has 0 atom stereocenters. The van der Waals surface area contributed by atoms with Crippen LogP contribution in [0.4, 0.5) is 4.79 Å². The van der Waals surface area contributed by atoms with Gasteiger partial charge in [-0.2, -0.15) is 0 Å². The van der Waals surface area contributed by atoms with Crippen LogP contribution >= 0.6 is 0 Å². The van der Waals surface area contributed by atoms with Crippen molar-refractivity contribution in [2.45, 2.75) is 6.42 Å². The van der Waals surface area contributed by atoms with Crippen LogP contribution in [0.1, 0.15) is 5.56 Å². The Morgan fingerprint density at radius 3 is 2.48 bits per heavy atom. The summed E-state index contributed by atoms with van der Waals surface area (Å²) in [7, 11) is 0. The second kappa shape index (κ2) is 5.63. The van der Waals surface area contributed by atoms with E-state index in [1.54, 1.807) is 12.4 Å². The summed E-state index contributed by atoms with van der Waals surface area (Å²) in [6.45, 7) is 0. The van der Waals surface area contributed by atoms with Crippen molar-refractivity contribution in [3.05, 3.63) is 82.6 Å². The molecule has 1 aliphatic heterocycles. The lowest BCUT2D eigenvalue weighted by atomic mass is 10.1. The van der Waals surface area contributed by atoms with Gasteiger partial charge in [-0.1, -0.05) is 48.5 Å². The highest BCUT2D eigenvalue weighted by Gasteiger charge is 2.09. The fourth-order valence-electron chi connectivity index (χ4n) is 2.25. The summed E-state index contributed by atoms with van der Waals surface area (Å²) in [6.07, 6.45) is 4.04. The van der Waals surface area contributed by atoms with Crippen molar-refractivity contribution in [2.24, 2.45) is 10.7 Å². The first-order valence-electron chi connectivity index (χ1n) is 6.70. The number of rotatable bonds is 2. The fourth-order valence-corrected chi connectivity index (χ4v) is 2.25. The van der Waals surface area contributed by atoms with Crippen molar-refractivity contribution in [2.75, 3.05) is 0 Å². The molecule has 1 aliphatic rings. The number of carbonyl (C=O) groups is 1. The fraction of sp³-hybridized carbons (Fsp3) is 0.0588.